The van der Waals surface area contributed by atoms with Crippen LogP contribution in [0.3, 0.4) is 0 Å². The second-order valence-corrected chi connectivity index (χ2v) is 8.20. The zero-order valence-corrected chi connectivity index (χ0v) is 15.0. The van der Waals surface area contributed by atoms with E-state index in [0.29, 0.717) is 18.5 Å². The van der Waals surface area contributed by atoms with Gasteiger partial charge in [-0.1, -0.05) is 0 Å². The Balaban J connectivity index is 2.00. The van der Waals surface area contributed by atoms with Crippen LogP contribution in [0.1, 0.15) is 26.7 Å². The van der Waals surface area contributed by atoms with E-state index in [1.165, 1.54) is 23.4 Å². The molecule has 1 aliphatic heterocycles. The van der Waals surface area contributed by atoms with Gasteiger partial charge >= 0.3 is 0 Å². The number of nitrogens with one attached hydrogen (secondary N) is 2. The Morgan fingerprint density at radius 1 is 1.24 bits per heavy atom. The van der Waals surface area contributed by atoms with Crippen molar-refractivity contribution in [3.8, 4) is 0 Å². The maximum atomic E-state index is 13.9. The van der Waals surface area contributed by atoms with Crippen molar-refractivity contribution in [3.63, 3.8) is 0 Å². The van der Waals surface area contributed by atoms with Crippen LogP contribution in [0, 0.1) is 11.7 Å². The average Bonchev–Trinajstić information content (AvgIpc) is 2.57. The van der Waals surface area contributed by atoms with Crippen molar-refractivity contribution < 1.29 is 22.4 Å². The number of rotatable bonds is 5. The SMILES string of the molecule is CCS(=O)(=O)N1CCC(C(=O)Nc2cc(NC(C)=O)ccc2F)CC1. The molecule has 9 heteroatoms. The molecule has 7 nitrogen and oxygen atoms in total. The second-order valence-electron chi connectivity index (χ2n) is 5.94. The standard InChI is InChI=1S/C16H22FN3O4S/c1-3-25(23,24)20-8-6-12(7-9-20)16(22)19-15-10-13(18-11(2)21)4-5-14(15)17/h4-5,10,12H,3,6-9H2,1-2H3,(H,18,21)(H,19,22). The van der Waals surface area contributed by atoms with Crippen LogP contribution in [0.5, 0.6) is 0 Å². The van der Waals surface area contributed by atoms with Crippen molar-refractivity contribution in [2.24, 2.45) is 5.92 Å². The van der Waals surface area contributed by atoms with Crippen LogP contribution in [0.15, 0.2) is 18.2 Å². The largest absolute Gasteiger partial charge is 0.326 e. The van der Waals surface area contributed by atoms with Gasteiger partial charge in [-0.3, -0.25) is 9.59 Å². The third kappa shape index (κ3) is 4.99. The minimum absolute atomic E-state index is 0.0140. The molecule has 1 aromatic rings. The number of benzene rings is 1. The summed E-state index contributed by atoms with van der Waals surface area (Å²) < 4.78 is 38.9. The van der Waals surface area contributed by atoms with E-state index < -0.39 is 15.8 Å². The van der Waals surface area contributed by atoms with Gasteiger partial charge < -0.3 is 10.6 Å². The lowest BCUT2D eigenvalue weighted by atomic mass is 9.97. The van der Waals surface area contributed by atoms with Crippen LogP contribution in [0.4, 0.5) is 15.8 Å². The fourth-order valence-corrected chi connectivity index (χ4v) is 3.85. The summed E-state index contributed by atoms with van der Waals surface area (Å²) in [6.45, 7) is 3.48. The normalized spacial score (nSPS) is 16.4. The highest BCUT2D eigenvalue weighted by atomic mass is 32.2. The Kier molecular flexibility index (Phi) is 6.12. The van der Waals surface area contributed by atoms with Gasteiger partial charge in [0.05, 0.1) is 11.4 Å². The Bertz CT molecular complexity index is 759. The summed E-state index contributed by atoms with van der Waals surface area (Å²) in [4.78, 5) is 23.4. The molecule has 1 fully saturated rings. The molecule has 0 spiro atoms. The zero-order valence-electron chi connectivity index (χ0n) is 14.2. The number of anilines is 2. The highest BCUT2D eigenvalue weighted by Gasteiger charge is 2.30. The lowest BCUT2D eigenvalue weighted by Gasteiger charge is -2.30. The molecule has 2 N–H and O–H groups in total. The first-order valence-electron chi connectivity index (χ1n) is 8.08. The zero-order chi connectivity index (χ0) is 18.6. The third-order valence-electron chi connectivity index (χ3n) is 4.13. The summed E-state index contributed by atoms with van der Waals surface area (Å²) in [5.74, 6) is -1.60. The number of amides is 2. The first-order valence-corrected chi connectivity index (χ1v) is 9.69. The van der Waals surface area contributed by atoms with Gasteiger partial charge in [-0.2, -0.15) is 0 Å². The van der Waals surface area contributed by atoms with Crippen LogP contribution in [0.25, 0.3) is 0 Å². The molecule has 2 amide bonds. The quantitative estimate of drug-likeness (QED) is 0.825. The monoisotopic (exact) mass is 371 g/mol. The van der Waals surface area contributed by atoms with Crippen molar-refractivity contribution in [2.45, 2.75) is 26.7 Å². The molecule has 25 heavy (non-hydrogen) atoms. The molecular weight excluding hydrogens is 349 g/mol. The van der Waals surface area contributed by atoms with E-state index in [0.717, 1.165) is 6.07 Å². The predicted molar refractivity (Wildman–Crippen MR) is 93.1 cm³/mol. The molecular formula is C16H22FN3O4S. The van der Waals surface area contributed by atoms with E-state index in [2.05, 4.69) is 10.6 Å². The molecule has 0 radical (unpaired) electrons. The van der Waals surface area contributed by atoms with Crippen LogP contribution in [-0.2, 0) is 19.6 Å². The lowest BCUT2D eigenvalue weighted by Crippen LogP contribution is -2.42. The van der Waals surface area contributed by atoms with E-state index in [-0.39, 0.29) is 42.3 Å². The van der Waals surface area contributed by atoms with Crippen molar-refractivity contribution in [2.75, 3.05) is 29.5 Å². The van der Waals surface area contributed by atoms with Gasteiger partial charge in [0, 0.05) is 31.6 Å². The van der Waals surface area contributed by atoms with E-state index in [1.54, 1.807) is 6.92 Å². The molecule has 1 aromatic carbocycles. The van der Waals surface area contributed by atoms with Gasteiger partial charge in [0.2, 0.25) is 21.8 Å². The van der Waals surface area contributed by atoms with Crippen LogP contribution in [-0.4, -0.2) is 43.4 Å². The maximum Gasteiger partial charge on any atom is 0.227 e. The number of halogens is 1. The number of carbonyl (C=O) groups excluding carboxylic acids is 2. The molecule has 0 bridgehead atoms. The van der Waals surface area contributed by atoms with Gasteiger partial charge in [0.15, 0.2) is 0 Å². The average molecular weight is 371 g/mol. The summed E-state index contributed by atoms with van der Waals surface area (Å²) in [7, 11) is -3.25. The molecule has 1 heterocycles. The lowest BCUT2D eigenvalue weighted by molar-refractivity contribution is -0.121. The van der Waals surface area contributed by atoms with Crippen molar-refractivity contribution in [1.29, 1.82) is 0 Å². The molecule has 2 rings (SSSR count). The van der Waals surface area contributed by atoms with Crippen LogP contribution >= 0.6 is 0 Å². The summed E-state index contributed by atoms with van der Waals surface area (Å²) in [5.41, 5.74) is 0.368. The fraction of sp³-hybridized carbons (Fsp3) is 0.500. The Hall–Kier alpha value is -2.00. The van der Waals surface area contributed by atoms with Gasteiger partial charge in [0.25, 0.3) is 0 Å². The van der Waals surface area contributed by atoms with Gasteiger partial charge in [-0.05, 0) is 38.0 Å². The topological polar surface area (TPSA) is 95.6 Å². The Morgan fingerprint density at radius 2 is 1.88 bits per heavy atom. The Labute approximate surface area is 146 Å². The number of sulfonamides is 1. The summed E-state index contributed by atoms with van der Waals surface area (Å²) in [5, 5.41) is 5.05. The number of hydrogen-bond acceptors (Lipinski definition) is 4. The first kappa shape index (κ1) is 19.3. The molecule has 1 aliphatic rings. The second kappa shape index (κ2) is 7.92. The van der Waals surface area contributed by atoms with E-state index in [1.807, 2.05) is 0 Å². The third-order valence-corrected chi connectivity index (χ3v) is 6.01. The number of nitrogens with zero attached hydrogens (tertiary/aromatic N) is 1. The van der Waals surface area contributed by atoms with Crippen molar-refractivity contribution >= 4 is 33.2 Å². The fourth-order valence-electron chi connectivity index (χ4n) is 2.72. The minimum atomic E-state index is -3.25. The summed E-state index contributed by atoms with van der Waals surface area (Å²) >= 11 is 0. The summed E-state index contributed by atoms with van der Waals surface area (Å²) in [6.07, 6.45) is 0.774. The van der Waals surface area contributed by atoms with Crippen molar-refractivity contribution in [1.82, 2.24) is 4.31 Å². The van der Waals surface area contributed by atoms with Crippen LogP contribution < -0.4 is 10.6 Å². The molecule has 138 valence electrons. The number of carbonyl (C=O) groups is 2. The maximum absolute atomic E-state index is 13.9. The molecule has 0 atom stereocenters. The highest BCUT2D eigenvalue weighted by molar-refractivity contribution is 7.89. The minimum Gasteiger partial charge on any atom is -0.326 e. The van der Waals surface area contributed by atoms with E-state index >= 15 is 0 Å². The summed E-state index contributed by atoms with van der Waals surface area (Å²) in [6, 6.07) is 3.92. The van der Waals surface area contributed by atoms with E-state index in [9.17, 15) is 22.4 Å². The van der Waals surface area contributed by atoms with E-state index in [4.69, 9.17) is 0 Å². The molecule has 0 saturated carbocycles. The van der Waals surface area contributed by atoms with Gasteiger partial charge in [-0.25, -0.2) is 17.1 Å². The molecule has 0 unspecified atom stereocenters. The smallest absolute Gasteiger partial charge is 0.227 e. The first-order chi connectivity index (χ1) is 11.7. The predicted octanol–water partition coefficient (Wildman–Crippen LogP) is 1.78. The molecule has 0 aliphatic carbocycles. The highest BCUT2D eigenvalue weighted by Crippen LogP contribution is 2.24. The number of hydrogen-bond donors (Lipinski definition) is 2. The number of piperidine rings is 1. The molecule has 1 saturated heterocycles. The Morgan fingerprint density at radius 3 is 2.44 bits per heavy atom. The van der Waals surface area contributed by atoms with Gasteiger partial charge in [-0.15, -0.1) is 0 Å². The van der Waals surface area contributed by atoms with Crippen molar-refractivity contribution in [3.05, 3.63) is 24.0 Å². The van der Waals surface area contributed by atoms with Crippen LogP contribution in [0.2, 0.25) is 0 Å². The molecule has 0 aromatic heterocycles. The van der Waals surface area contributed by atoms with Gasteiger partial charge in [0.1, 0.15) is 5.82 Å².